The average molecular weight is 559 g/mol. The number of amides is 2. The summed E-state index contributed by atoms with van der Waals surface area (Å²) >= 11 is 0. The normalized spacial score (nSPS) is 23.8. The molecule has 4 rings (SSSR count). The lowest BCUT2D eigenvalue weighted by molar-refractivity contribution is -0.151. The predicted molar refractivity (Wildman–Crippen MR) is 160 cm³/mol. The Morgan fingerprint density at radius 1 is 1.05 bits per heavy atom. The van der Waals surface area contributed by atoms with Gasteiger partial charge in [0.15, 0.2) is 0 Å². The molecule has 2 aliphatic rings. The Kier molecular flexibility index (Phi) is 9.36. The standard InChI is InChI=1S/C34H42N2O5/c1-6-40-33(39)34(19-29(34)32(38)36-30(21(2)3)31(35)37)18-24-12-15-27(16-13-24)41-20-26-17-23(5)22(4)11-14-25-9-7-8-10-28(25)26/h7-10,12-13,15-17,21,29-30H,6,11,14,18-20H2,1-5H3,(H2,35,37)(H,36,38)/b23-22+,26-17-/t29-,30+,34+/m1/s1. The molecule has 0 spiro atoms. The van der Waals surface area contributed by atoms with Crippen LogP contribution in [0.3, 0.4) is 0 Å². The number of hydrogen-bond acceptors (Lipinski definition) is 5. The summed E-state index contributed by atoms with van der Waals surface area (Å²) < 4.78 is 11.6. The van der Waals surface area contributed by atoms with E-state index in [1.54, 1.807) is 6.92 Å². The van der Waals surface area contributed by atoms with E-state index in [1.807, 2.05) is 38.1 Å². The molecule has 2 amide bonds. The second-order valence-corrected chi connectivity index (χ2v) is 11.7. The molecule has 2 aromatic carbocycles. The molecule has 7 nitrogen and oxygen atoms in total. The zero-order valence-electron chi connectivity index (χ0n) is 24.8. The maximum atomic E-state index is 13.1. The summed E-state index contributed by atoms with van der Waals surface area (Å²) in [5.74, 6) is -1.34. The van der Waals surface area contributed by atoms with Gasteiger partial charge in [0.1, 0.15) is 18.4 Å². The fourth-order valence-corrected chi connectivity index (χ4v) is 5.62. The summed E-state index contributed by atoms with van der Waals surface area (Å²) in [5.41, 5.74) is 11.8. The summed E-state index contributed by atoms with van der Waals surface area (Å²) in [4.78, 5) is 37.9. The molecule has 0 aliphatic heterocycles. The third-order valence-corrected chi connectivity index (χ3v) is 8.38. The van der Waals surface area contributed by atoms with Gasteiger partial charge in [-0.1, -0.05) is 67.5 Å². The topological polar surface area (TPSA) is 108 Å². The molecule has 2 aliphatic carbocycles. The summed E-state index contributed by atoms with van der Waals surface area (Å²) in [6.45, 7) is 10.4. The number of fused-ring (bicyclic) bond motifs is 1. The van der Waals surface area contributed by atoms with Crippen molar-refractivity contribution in [1.82, 2.24) is 5.32 Å². The van der Waals surface area contributed by atoms with E-state index in [0.717, 1.165) is 29.7 Å². The minimum Gasteiger partial charge on any atom is -0.489 e. The molecule has 0 aromatic heterocycles. The maximum absolute atomic E-state index is 13.1. The minimum absolute atomic E-state index is 0.157. The molecule has 3 N–H and O–H groups in total. The first kappa shape index (κ1) is 30.1. The van der Waals surface area contributed by atoms with E-state index in [0.29, 0.717) is 19.4 Å². The molecule has 7 heteroatoms. The molecule has 41 heavy (non-hydrogen) atoms. The molecule has 1 fully saturated rings. The first-order valence-electron chi connectivity index (χ1n) is 14.5. The lowest BCUT2D eigenvalue weighted by Gasteiger charge is -2.21. The van der Waals surface area contributed by atoms with Gasteiger partial charge in [0.05, 0.1) is 17.9 Å². The molecular weight excluding hydrogens is 516 g/mol. The Morgan fingerprint density at radius 2 is 1.76 bits per heavy atom. The van der Waals surface area contributed by atoms with Gasteiger partial charge in [0.2, 0.25) is 11.8 Å². The largest absolute Gasteiger partial charge is 0.489 e. The number of esters is 1. The smallest absolute Gasteiger partial charge is 0.313 e. The number of benzene rings is 2. The molecular formula is C34H42N2O5. The van der Waals surface area contributed by atoms with Crippen molar-refractivity contribution in [2.45, 2.75) is 66.3 Å². The van der Waals surface area contributed by atoms with E-state index in [4.69, 9.17) is 15.2 Å². The van der Waals surface area contributed by atoms with Crippen LogP contribution in [0.4, 0.5) is 0 Å². The predicted octanol–water partition coefficient (Wildman–Crippen LogP) is 5.17. The Balaban J connectivity index is 1.46. The van der Waals surface area contributed by atoms with Crippen LogP contribution in [0.5, 0.6) is 5.75 Å². The molecule has 0 saturated heterocycles. The van der Waals surface area contributed by atoms with Crippen molar-refractivity contribution in [2.75, 3.05) is 13.2 Å². The summed E-state index contributed by atoms with van der Waals surface area (Å²) in [6.07, 6.45) is 5.00. The van der Waals surface area contributed by atoms with Crippen LogP contribution >= 0.6 is 0 Å². The van der Waals surface area contributed by atoms with Crippen molar-refractivity contribution < 1.29 is 23.9 Å². The lowest BCUT2D eigenvalue weighted by Crippen LogP contribution is -2.49. The van der Waals surface area contributed by atoms with Crippen molar-refractivity contribution in [3.05, 3.63) is 82.4 Å². The van der Waals surface area contributed by atoms with Gasteiger partial charge in [-0.2, -0.15) is 0 Å². The lowest BCUT2D eigenvalue weighted by atomic mass is 9.90. The Bertz CT molecular complexity index is 1360. The first-order valence-corrected chi connectivity index (χ1v) is 14.5. The second kappa shape index (κ2) is 12.8. The van der Waals surface area contributed by atoms with Gasteiger partial charge >= 0.3 is 5.97 Å². The van der Waals surface area contributed by atoms with Crippen LogP contribution < -0.4 is 15.8 Å². The molecule has 0 unspecified atom stereocenters. The molecule has 0 heterocycles. The molecule has 0 bridgehead atoms. The van der Waals surface area contributed by atoms with E-state index in [9.17, 15) is 14.4 Å². The van der Waals surface area contributed by atoms with E-state index in [2.05, 4.69) is 49.5 Å². The molecule has 218 valence electrons. The van der Waals surface area contributed by atoms with Gasteiger partial charge in [0, 0.05) is 0 Å². The first-order chi connectivity index (χ1) is 19.6. The maximum Gasteiger partial charge on any atom is 0.313 e. The van der Waals surface area contributed by atoms with Crippen molar-refractivity contribution in [3.63, 3.8) is 0 Å². The minimum atomic E-state index is -0.962. The number of aryl methyl sites for hydroxylation is 1. The number of allylic oxidation sites excluding steroid dienone is 3. The van der Waals surface area contributed by atoms with Crippen LogP contribution in [0.25, 0.3) is 5.57 Å². The Labute approximate surface area is 243 Å². The van der Waals surface area contributed by atoms with Crippen LogP contribution in [0.1, 0.15) is 64.2 Å². The van der Waals surface area contributed by atoms with E-state index < -0.39 is 29.3 Å². The summed E-state index contributed by atoms with van der Waals surface area (Å²) in [5, 5.41) is 2.74. The van der Waals surface area contributed by atoms with Gasteiger partial charge in [0.25, 0.3) is 0 Å². The van der Waals surface area contributed by atoms with Gasteiger partial charge in [-0.3, -0.25) is 14.4 Å². The fraction of sp³-hybridized carbons (Fsp3) is 0.441. The average Bonchev–Trinajstić information content (AvgIpc) is 3.68. The second-order valence-electron chi connectivity index (χ2n) is 11.7. The number of carbonyl (C=O) groups is 3. The fourth-order valence-electron chi connectivity index (χ4n) is 5.62. The quantitative estimate of drug-likeness (QED) is 0.370. The zero-order chi connectivity index (χ0) is 29.7. The van der Waals surface area contributed by atoms with Gasteiger partial charge in [-0.15, -0.1) is 0 Å². The monoisotopic (exact) mass is 558 g/mol. The number of nitrogens with two attached hydrogens (primary N) is 1. The number of hydrogen-bond donors (Lipinski definition) is 2. The van der Waals surface area contributed by atoms with Crippen molar-refractivity contribution in [3.8, 4) is 5.75 Å². The van der Waals surface area contributed by atoms with Crippen LogP contribution in [-0.2, 0) is 32.0 Å². The Morgan fingerprint density at radius 3 is 2.41 bits per heavy atom. The van der Waals surface area contributed by atoms with Crippen LogP contribution in [0.2, 0.25) is 0 Å². The highest BCUT2D eigenvalue weighted by Crippen LogP contribution is 2.56. The highest BCUT2D eigenvalue weighted by atomic mass is 16.5. The van der Waals surface area contributed by atoms with E-state index in [1.165, 1.54) is 22.3 Å². The highest BCUT2D eigenvalue weighted by Gasteiger charge is 2.64. The zero-order valence-corrected chi connectivity index (χ0v) is 24.8. The van der Waals surface area contributed by atoms with Crippen molar-refractivity contribution >= 4 is 23.4 Å². The molecule has 0 radical (unpaired) electrons. The van der Waals surface area contributed by atoms with E-state index in [-0.39, 0.29) is 18.4 Å². The SMILES string of the molecule is CCOC(=O)[C@@]1(Cc2ccc(OC/C3=C/C(C)=C(\C)CCc4ccccc43)cc2)C[C@@H]1C(=O)N[C@H](C(N)=O)C(C)C. The number of ether oxygens (including phenoxy) is 2. The van der Waals surface area contributed by atoms with Crippen LogP contribution in [0.15, 0.2) is 65.8 Å². The van der Waals surface area contributed by atoms with Crippen molar-refractivity contribution in [1.29, 1.82) is 0 Å². The van der Waals surface area contributed by atoms with Crippen LogP contribution in [0, 0.1) is 17.3 Å². The Hall–Kier alpha value is -3.87. The van der Waals surface area contributed by atoms with Gasteiger partial charge in [-0.25, -0.2) is 0 Å². The summed E-state index contributed by atoms with van der Waals surface area (Å²) in [7, 11) is 0. The van der Waals surface area contributed by atoms with Crippen LogP contribution in [-0.4, -0.2) is 37.0 Å². The van der Waals surface area contributed by atoms with Gasteiger partial charge in [-0.05, 0) is 86.8 Å². The molecule has 3 atom stereocenters. The molecule has 1 saturated carbocycles. The van der Waals surface area contributed by atoms with Gasteiger partial charge < -0.3 is 20.5 Å². The third kappa shape index (κ3) is 6.89. The summed E-state index contributed by atoms with van der Waals surface area (Å²) in [6, 6.07) is 15.4. The number of primary amides is 1. The van der Waals surface area contributed by atoms with Crippen molar-refractivity contribution in [2.24, 2.45) is 23.0 Å². The molecule has 2 aromatic rings. The van der Waals surface area contributed by atoms with E-state index >= 15 is 0 Å². The third-order valence-electron chi connectivity index (χ3n) is 8.38. The number of nitrogens with one attached hydrogen (secondary N) is 1. The number of rotatable bonds is 11. The number of carbonyl (C=O) groups excluding carboxylic acids is 3. The highest BCUT2D eigenvalue weighted by molar-refractivity contribution is 5.96.